The van der Waals surface area contributed by atoms with Crippen LogP contribution in [0.3, 0.4) is 0 Å². The molecule has 4 aromatic rings. The van der Waals surface area contributed by atoms with Crippen LogP contribution in [0.15, 0.2) is 48.5 Å². The van der Waals surface area contributed by atoms with E-state index in [1.165, 1.54) is 4.31 Å². The van der Waals surface area contributed by atoms with Crippen LogP contribution in [-0.2, 0) is 28.2 Å². The number of ether oxygens (including phenoxy) is 1. The van der Waals surface area contributed by atoms with Crippen molar-refractivity contribution >= 4 is 27.3 Å². The van der Waals surface area contributed by atoms with E-state index in [4.69, 9.17) is 8.92 Å². The van der Waals surface area contributed by atoms with E-state index in [1.807, 2.05) is 61.9 Å². The van der Waals surface area contributed by atoms with Crippen LogP contribution in [0.25, 0.3) is 11.0 Å². The molecule has 1 aromatic heterocycles. The zero-order chi connectivity index (χ0) is 28.9. The van der Waals surface area contributed by atoms with Crippen LogP contribution in [0.1, 0.15) is 71.5 Å². The Morgan fingerprint density at radius 3 is 2.71 bits per heavy atom. The first-order valence-corrected chi connectivity index (χ1v) is 15.1. The van der Waals surface area contributed by atoms with E-state index in [0.29, 0.717) is 24.7 Å². The lowest BCUT2D eigenvalue weighted by atomic mass is 9.83. The summed E-state index contributed by atoms with van der Waals surface area (Å²) < 4.78 is 41.3. The maximum absolute atomic E-state index is 13.3. The van der Waals surface area contributed by atoms with Crippen molar-refractivity contribution in [2.75, 3.05) is 6.61 Å². The molecular weight excluding hydrogens is 544 g/mol. The van der Waals surface area contributed by atoms with Gasteiger partial charge < -0.3 is 14.0 Å². The van der Waals surface area contributed by atoms with Crippen LogP contribution in [0.5, 0.6) is 11.5 Å². The Morgan fingerprint density at radius 1 is 1.07 bits per heavy atom. The molecule has 9 bridgehead atoms. The van der Waals surface area contributed by atoms with Crippen molar-refractivity contribution in [2.45, 2.75) is 65.1 Å². The number of rotatable bonds is 2. The Labute approximate surface area is 238 Å². The monoisotopic (exact) mass is 576 g/mol. The predicted octanol–water partition coefficient (Wildman–Crippen LogP) is 5.03. The third kappa shape index (κ3) is 5.04. The Hall–Kier alpha value is -3.96. The van der Waals surface area contributed by atoms with Crippen molar-refractivity contribution in [1.82, 2.24) is 19.3 Å². The van der Waals surface area contributed by atoms with E-state index >= 15 is 0 Å². The Morgan fingerprint density at radius 2 is 1.90 bits per heavy atom. The van der Waals surface area contributed by atoms with Crippen molar-refractivity contribution in [2.24, 2.45) is 0 Å². The van der Waals surface area contributed by atoms with Crippen LogP contribution in [-0.4, -0.2) is 45.4 Å². The molecule has 1 N–H and O–H groups in total. The summed E-state index contributed by atoms with van der Waals surface area (Å²) in [5.41, 5.74) is 6.56. The Kier molecular flexibility index (Phi) is 6.95. The molecule has 214 valence electrons. The fraction of sp³-hybridized carbons (Fsp3) is 0.367. The molecule has 0 fully saturated rings. The van der Waals surface area contributed by atoms with Crippen LogP contribution >= 0.6 is 0 Å². The quantitative estimate of drug-likeness (QED) is 0.353. The van der Waals surface area contributed by atoms with Gasteiger partial charge in [0.2, 0.25) is 0 Å². The molecule has 10 nitrogen and oxygen atoms in total. The molecule has 3 aliphatic rings. The number of fused-ring (bicyclic) bond motifs is 5. The average Bonchev–Trinajstić information content (AvgIpc) is 3.34. The number of aromatic nitrogens is 3. The lowest BCUT2D eigenvalue weighted by Crippen LogP contribution is -2.39. The molecule has 4 heterocycles. The molecule has 3 aromatic carbocycles. The Balaban J connectivity index is 1.50. The smallest absolute Gasteiger partial charge is 0.386 e. The highest BCUT2D eigenvalue weighted by atomic mass is 32.2. The van der Waals surface area contributed by atoms with Gasteiger partial charge in [0.25, 0.3) is 0 Å². The zero-order valence-electron chi connectivity index (χ0n) is 23.2. The van der Waals surface area contributed by atoms with Crippen molar-refractivity contribution in [1.29, 1.82) is 0 Å². The van der Waals surface area contributed by atoms with E-state index < -0.39 is 28.2 Å². The van der Waals surface area contributed by atoms with E-state index in [-0.39, 0.29) is 13.0 Å². The summed E-state index contributed by atoms with van der Waals surface area (Å²) in [6, 6.07) is 14.3. The summed E-state index contributed by atoms with van der Waals surface area (Å²) in [5.74, 6) is -0.445. The highest BCUT2D eigenvalue weighted by Gasteiger charge is 2.37. The van der Waals surface area contributed by atoms with Gasteiger partial charge in [0, 0.05) is 24.6 Å². The summed E-state index contributed by atoms with van der Waals surface area (Å²) >= 11 is 0. The summed E-state index contributed by atoms with van der Waals surface area (Å²) in [6.45, 7) is 6.99. The van der Waals surface area contributed by atoms with E-state index in [9.17, 15) is 18.3 Å². The van der Waals surface area contributed by atoms with Crippen molar-refractivity contribution in [3.05, 3.63) is 81.9 Å². The van der Waals surface area contributed by atoms with Gasteiger partial charge in [-0.05, 0) is 85.7 Å². The molecule has 7 rings (SSSR count). The molecule has 0 radical (unpaired) electrons. The van der Waals surface area contributed by atoms with Gasteiger partial charge in [-0.15, -0.1) is 5.10 Å². The summed E-state index contributed by atoms with van der Waals surface area (Å²) in [7, 11) is -4.08. The number of carbonyl (C=O) groups is 1. The number of benzene rings is 3. The summed E-state index contributed by atoms with van der Waals surface area (Å²) in [4.78, 5) is 12.1. The molecule has 0 amide bonds. The molecule has 0 saturated carbocycles. The molecule has 3 atom stereocenters. The Bertz CT molecular complexity index is 1770. The largest absolute Gasteiger partial charge is 0.494 e. The second kappa shape index (κ2) is 10.5. The van der Waals surface area contributed by atoms with Crippen molar-refractivity contribution in [3.63, 3.8) is 0 Å². The number of carboxylic acids is 1. The van der Waals surface area contributed by atoms with Crippen LogP contribution in [0, 0.1) is 13.8 Å². The molecule has 0 spiro atoms. The lowest BCUT2D eigenvalue weighted by Gasteiger charge is -2.33. The standard InChI is InChI=1S/C30H32N4O6S/c1-18-6-7-21-15-25(18)20(3)34-17-22-14-23(8-11-28(22)40-41(34,37)38)39-13-5-4-12-33-27-10-9-24(26(21)16-29(35)36)19(2)30(27)31-32-33/h6-11,14-15,20,26H,4-5,12-13,16-17H2,1-3H3,(H,35,36). The first kappa shape index (κ1) is 27.2. The summed E-state index contributed by atoms with van der Waals surface area (Å²) in [5, 5.41) is 18.7. The van der Waals surface area contributed by atoms with Crippen molar-refractivity contribution in [3.8, 4) is 11.5 Å². The number of carboxylic acid groups (broad SMARTS) is 1. The van der Waals surface area contributed by atoms with Crippen LogP contribution in [0.2, 0.25) is 0 Å². The maximum Gasteiger partial charge on any atom is 0.386 e. The van der Waals surface area contributed by atoms with Gasteiger partial charge in [-0.3, -0.25) is 4.79 Å². The van der Waals surface area contributed by atoms with E-state index in [1.54, 1.807) is 12.1 Å². The number of hydrogen-bond donors (Lipinski definition) is 1. The van der Waals surface area contributed by atoms with Gasteiger partial charge in [0.05, 0.1) is 24.6 Å². The number of hydrogen-bond acceptors (Lipinski definition) is 7. The molecule has 3 unspecified atom stereocenters. The van der Waals surface area contributed by atoms with Gasteiger partial charge in [0.1, 0.15) is 17.0 Å². The summed E-state index contributed by atoms with van der Waals surface area (Å²) in [6.07, 6.45) is 1.49. The average molecular weight is 577 g/mol. The second-order valence-electron chi connectivity index (χ2n) is 10.8. The molecule has 41 heavy (non-hydrogen) atoms. The lowest BCUT2D eigenvalue weighted by molar-refractivity contribution is -0.137. The fourth-order valence-electron chi connectivity index (χ4n) is 5.93. The van der Waals surface area contributed by atoms with E-state index in [2.05, 4.69) is 10.3 Å². The van der Waals surface area contributed by atoms with Gasteiger partial charge in [-0.1, -0.05) is 29.5 Å². The van der Waals surface area contributed by atoms with Crippen molar-refractivity contribution < 1.29 is 27.2 Å². The molecule has 11 heteroatoms. The van der Waals surface area contributed by atoms with E-state index in [0.717, 1.165) is 57.3 Å². The molecule has 3 aliphatic heterocycles. The third-order valence-electron chi connectivity index (χ3n) is 8.20. The number of aliphatic carboxylic acids is 1. The van der Waals surface area contributed by atoms with Crippen LogP contribution < -0.4 is 8.92 Å². The SMILES string of the molecule is Cc1ccc2cc1C(C)N1Cc3cc(ccc3OS1(=O)=O)OCCCCn1nnc3c(C)c(ccc31)C2CC(=O)O. The third-order valence-corrected chi connectivity index (χ3v) is 9.61. The minimum Gasteiger partial charge on any atom is -0.494 e. The number of aryl methyl sites for hydroxylation is 3. The number of nitrogens with zero attached hydrogens (tertiary/aromatic N) is 4. The fourth-order valence-corrected chi connectivity index (χ4v) is 7.21. The first-order valence-electron chi connectivity index (χ1n) is 13.7. The zero-order valence-corrected chi connectivity index (χ0v) is 24.0. The minimum absolute atomic E-state index is 0.125. The van der Waals surface area contributed by atoms with Gasteiger partial charge >= 0.3 is 16.3 Å². The molecule has 0 aliphatic carbocycles. The molecular formula is C30H32N4O6S. The highest BCUT2D eigenvalue weighted by molar-refractivity contribution is 7.84. The van der Waals surface area contributed by atoms with Gasteiger partial charge in [-0.2, -0.15) is 12.7 Å². The normalized spacial score (nSPS) is 21.9. The van der Waals surface area contributed by atoms with Gasteiger partial charge in [-0.25, -0.2) is 4.68 Å². The molecule has 0 saturated heterocycles. The second-order valence-corrected chi connectivity index (χ2v) is 12.3. The predicted molar refractivity (Wildman–Crippen MR) is 152 cm³/mol. The van der Waals surface area contributed by atoms with Gasteiger partial charge in [0.15, 0.2) is 0 Å². The maximum atomic E-state index is 13.3. The highest BCUT2D eigenvalue weighted by Crippen LogP contribution is 2.40. The topological polar surface area (TPSA) is 124 Å². The minimum atomic E-state index is -4.08. The first-order chi connectivity index (χ1) is 19.6. The van der Waals surface area contributed by atoms with Crippen LogP contribution in [0.4, 0.5) is 0 Å².